The zero-order chi connectivity index (χ0) is 13.5. The molecular weight excluding hydrogens is 280 g/mol. The molecule has 1 aliphatic carbocycles. The van der Waals surface area contributed by atoms with Crippen molar-refractivity contribution < 1.29 is 22.1 Å². The number of alkyl halides is 1. The third kappa shape index (κ3) is 2.38. The highest BCUT2D eigenvalue weighted by atomic mass is 35.5. The molecular formula is C11H17ClO5S. The first-order valence-corrected chi connectivity index (χ1v) is 8.05. The first kappa shape index (κ1) is 14.1. The van der Waals surface area contributed by atoms with Crippen molar-refractivity contribution in [3.8, 4) is 0 Å². The van der Waals surface area contributed by atoms with Gasteiger partial charge in [0.1, 0.15) is 12.2 Å². The summed E-state index contributed by atoms with van der Waals surface area (Å²) < 4.78 is 34.0. The summed E-state index contributed by atoms with van der Waals surface area (Å²) in [7, 11) is -3.50. The summed E-state index contributed by atoms with van der Waals surface area (Å²) in [6.07, 6.45) is -0.451. The highest BCUT2D eigenvalue weighted by Crippen LogP contribution is 2.44. The van der Waals surface area contributed by atoms with E-state index in [1.807, 2.05) is 13.8 Å². The number of ether oxygens (including phenoxy) is 1. The summed E-state index contributed by atoms with van der Waals surface area (Å²) in [4.78, 5) is 11.5. The lowest BCUT2D eigenvalue weighted by atomic mass is 9.79. The maximum Gasteiger partial charge on any atom is 0.307 e. The van der Waals surface area contributed by atoms with Gasteiger partial charge in [-0.1, -0.05) is 13.8 Å². The van der Waals surface area contributed by atoms with Gasteiger partial charge in [0.15, 0.2) is 0 Å². The first-order chi connectivity index (χ1) is 8.36. The molecule has 0 N–H and O–H groups in total. The van der Waals surface area contributed by atoms with Crippen LogP contribution in [0.25, 0.3) is 0 Å². The quantitative estimate of drug-likeness (QED) is 0.446. The summed E-state index contributed by atoms with van der Waals surface area (Å²) in [5.41, 5.74) is 0. The van der Waals surface area contributed by atoms with Crippen LogP contribution in [0, 0.1) is 11.8 Å². The van der Waals surface area contributed by atoms with Crippen LogP contribution in [0.2, 0.25) is 0 Å². The van der Waals surface area contributed by atoms with E-state index in [-0.39, 0.29) is 24.1 Å². The molecule has 5 atom stereocenters. The number of carbonyl (C=O) groups is 1. The molecule has 0 radical (unpaired) electrons. The Balaban J connectivity index is 2.15. The molecule has 1 aliphatic heterocycles. The van der Waals surface area contributed by atoms with E-state index in [9.17, 15) is 13.2 Å². The molecule has 0 spiro atoms. The van der Waals surface area contributed by atoms with Gasteiger partial charge in [-0.15, -0.1) is 11.6 Å². The third-order valence-electron chi connectivity index (χ3n) is 3.78. The Bertz CT molecular complexity index is 435. The number of esters is 1. The Kier molecular flexibility index (Phi) is 3.90. The smallest absolute Gasteiger partial charge is 0.307 e. The monoisotopic (exact) mass is 296 g/mol. The minimum absolute atomic E-state index is 0.0206. The fraction of sp³-hybridized carbons (Fsp3) is 0.909. The number of carbonyl (C=O) groups excluding carboxylic acids is 1. The molecule has 2 fully saturated rings. The van der Waals surface area contributed by atoms with E-state index in [1.54, 1.807) is 0 Å². The number of rotatable bonds is 3. The third-order valence-corrected chi connectivity index (χ3v) is 5.82. The van der Waals surface area contributed by atoms with E-state index < -0.39 is 33.5 Å². The van der Waals surface area contributed by atoms with Crippen molar-refractivity contribution in [3.63, 3.8) is 0 Å². The van der Waals surface area contributed by atoms with E-state index >= 15 is 0 Å². The largest absolute Gasteiger partial charge is 0.459 e. The highest BCUT2D eigenvalue weighted by Gasteiger charge is 2.56. The Morgan fingerprint density at radius 2 is 2.11 bits per heavy atom. The lowest BCUT2D eigenvalue weighted by Crippen LogP contribution is -2.45. The molecule has 0 aromatic rings. The minimum Gasteiger partial charge on any atom is -0.459 e. The lowest BCUT2D eigenvalue weighted by Gasteiger charge is -2.34. The summed E-state index contributed by atoms with van der Waals surface area (Å²) in [5.74, 6) is -0.366. The molecule has 7 heteroatoms. The van der Waals surface area contributed by atoms with Crippen LogP contribution in [0.15, 0.2) is 0 Å². The molecule has 2 rings (SSSR count). The van der Waals surface area contributed by atoms with Gasteiger partial charge in [-0.25, -0.2) is 0 Å². The van der Waals surface area contributed by atoms with E-state index in [0.717, 1.165) is 0 Å². The van der Waals surface area contributed by atoms with E-state index in [0.29, 0.717) is 6.42 Å². The maximum atomic E-state index is 11.8. The van der Waals surface area contributed by atoms with Crippen molar-refractivity contribution in [2.45, 2.75) is 44.1 Å². The van der Waals surface area contributed by atoms with Gasteiger partial charge in [-0.05, 0) is 12.3 Å². The fourth-order valence-electron chi connectivity index (χ4n) is 2.77. The molecule has 1 saturated heterocycles. The van der Waals surface area contributed by atoms with Gasteiger partial charge in [-0.2, -0.15) is 8.42 Å². The fourth-order valence-corrected chi connectivity index (χ4v) is 4.88. The van der Waals surface area contributed by atoms with Gasteiger partial charge in [0.25, 0.3) is 10.1 Å². The number of hydrogen-bond acceptors (Lipinski definition) is 5. The standard InChI is InChI=1S/C11H17ClO5S/c1-6-5-8-7(2)11(17-18(8,14)15)10(6)16-9(13)3-4-12/h6-8,10-11H,3-5H2,1-2H3. The van der Waals surface area contributed by atoms with Gasteiger partial charge < -0.3 is 4.74 Å². The van der Waals surface area contributed by atoms with Crippen molar-refractivity contribution >= 4 is 27.7 Å². The molecule has 2 aliphatic rings. The Morgan fingerprint density at radius 3 is 2.72 bits per heavy atom. The molecule has 1 heterocycles. The van der Waals surface area contributed by atoms with Crippen LogP contribution in [-0.2, 0) is 23.8 Å². The summed E-state index contributed by atoms with van der Waals surface area (Å²) >= 11 is 5.47. The Hall–Kier alpha value is -0.330. The molecule has 0 aromatic heterocycles. The summed E-state index contributed by atoms with van der Waals surface area (Å²) in [5, 5.41) is -0.472. The van der Waals surface area contributed by atoms with Gasteiger partial charge in [0, 0.05) is 11.8 Å². The van der Waals surface area contributed by atoms with Crippen molar-refractivity contribution in [1.29, 1.82) is 0 Å². The molecule has 5 unspecified atom stereocenters. The number of halogens is 1. The first-order valence-electron chi connectivity index (χ1n) is 6.04. The predicted octanol–water partition coefficient (Wildman–Crippen LogP) is 1.30. The SMILES string of the molecule is CC1CC2C(C)C(OS2(=O)=O)C1OC(=O)CCCl. The van der Waals surface area contributed by atoms with Crippen LogP contribution in [0.5, 0.6) is 0 Å². The van der Waals surface area contributed by atoms with Crippen LogP contribution in [0.1, 0.15) is 26.7 Å². The molecule has 0 aromatic carbocycles. The van der Waals surface area contributed by atoms with Gasteiger partial charge in [0.2, 0.25) is 0 Å². The van der Waals surface area contributed by atoms with Gasteiger partial charge >= 0.3 is 5.97 Å². The second kappa shape index (κ2) is 4.98. The van der Waals surface area contributed by atoms with Crippen LogP contribution >= 0.6 is 11.6 Å². The van der Waals surface area contributed by atoms with Crippen molar-refractivity contribution in [2.75, 3.05) is 5.88 Å². The Morgan fingerprint density at radius 1 is 1.44 bits per heavy atom. The van der Waals surface area contributed by atoms with E-state index in [2.05, 4.69) is 0 Å². The summed E-state index contributed by atoms with van der Waals surface area (Å²) in [6, 6.07) is 0. The van der Waals surface area contributed by atoms with Crippen molar-refractivity contribution in [1.82, 2.24) is 0 Å². The number of hydrogen-bond donors (Lipinski definition) is 0. The van der Waals surface area contributed by atoms with Crippen LogP contribution < -0.4 is 0 Å². The normalized spacial score (nSPS) is 41.6. The zero-order valence-corrected chi connectivity index (χ0v) is 11.9. The van der Waals surface area contributed by atoms with Gasteiger partial charge in [0.05, 0.1) is 11.7 Å². The highest BCUT2D eigenvalue weighted by molar-refractivity contribution is 7.87. The maximum absolute atomic E-state index is 11.8. The minimum atomic E-state index is -3.50. The molecule has 5 nitrogen and oxygen atoms in total. The second-order valence-corrected chi connectivity index (χ2v) is 7.22. The second-order valence-electron chi connectivity index (χ2n) is 5.06. The average molecular weight is 297 g/mol. The van der Waals surface area contributed by atoms with Crippen LogP contribution in [-0.4, -0.2) is 37.7 Å². The average Bonchev–Trinajstić information content (AvgIpc) is 2.42. The summed E-state index contributed by atoms with van der Waals surface area (Å²) in [6.45, 7) is 3.71. The molecule has 18 heavy (non-hydrogen) atoms. The molecule has 2 bridgehead atoms. The molecule has 0 amide bonds. The van der Waals surface area contributed by atoms with Crippen molar-refractivity contribution in [2.24, 2.45) is 11.8 Å². The van der Waals surface area contributed by atoms with E-state index in [4.69, 9.17) is 20.5 Å². The lowest BCUT2D eigenvalue weighted by molar-refractivity contribution is -0.160. The molecule has 1 saturated carbocycles. The van der Waals surface area contributed by atoms with E-state index in [1.165, 1.54) is 0 Å². The topological polar surface area (TPSA) is 69.7 Å². The predicted molar refractivity (Wildman–Crippen MR) is 65.7 cm³/mol. The zero-order valence-electron chi connectivity index (χ0n) is 10.3. The number of fused-ring (bicyclic) bond motifs is 2. The van der Waals surface area contributed by atoms with Crippen molar-refractivity contribution in [3.05, 3.63) is 0 Å². The Labute approximate surface area is 112 Å². The van der Waals surface area contributed by atoms with Crippen LogP contribution in [0.3, 0.4) is 0 Å². The van der Waals surface area contributed by atoms with Gasteiger partial charge in [-0.3, -0.25) is 8.98 Å². The molecule has 104 valence electrons. The van der Waals surface area contributed by atoms with Crippen LogP contribution in [0.4, 0.5) is 0 Å².